The molecular formula is C18H17FN2O4. The van der Waals surface area contributed by atoms with Gasteiger partial charge in [-0.1, -0.05) is 12.1 Å². The highest BCUT2D eigenvalue weighted by atomic mass is 19.1. The van der Waals surface area contributed by atoms with Crippen molar-refractivity contribution in [3.8, 4) is 5.75 Å². The topological polar surface area (TPSA) is 88.0 Å². The van der Waals surface area contributed by atoms with E-state index < -0.39 is 17.7 Å². The number of carbonyl (C=O) groups excluding carboxylic acids is 1. The second-order valence-corrected chi connectivity index (χ2v) is 5.22. The van der Waals surface area contributed by atoms with Gasteiger partial charge in [-0.25, -0.2) is 9.82 Å². The van der Waals surface area contributed by atoms with E-state index in [2.05, 4.69) is 10.5 Å². The summed E-state index contributed by atoms with van der Waals surface area (Å²) in [5.74, 6) is -1.84. The summed E-state index contributed by atoms with van der Waals surface area (Å²) in [7, 11) is 1.45. The maximum Gasteiger partial charge on any atom is 0.307 e. The van der Waals surface area contributed by atoms with E-state index in [1.807, 2.05) is 0 Å². The summed E-state index contributed by atoms with van der Waals surface area (Å²) in [6, 6.07) is 10.5. The Morgan fingerprint density at radius 1 is 1.24 bits per heavy atom. The third-order valence-electron chi connectivity index (χ3n) is 3.48. The van der Waals surface area contributed by atoms with Crippen molar-refractivity contribution in [3.05, 3.63) is 65.0 Å². The lowest BCUT2D eigenvalue weighted by Crippen LogP contribution is -2.20. The molecule has 0 heterocycles. The number of nitrogens with zero attached hydrogens (tertiary/aromatic N) is 1. The molecule has 0 radical (unpaired) electrons. The van der Waals surface area contributed by atoms with Gasteiger partial charge in [-0.3, -0.25) is 9.59 Å². The fourth-order valence-electron chi connectivity index (χ4n) is 2.21. The molecule has 0 saturated carbocycles. The molecule has 2 rings (SSSR count). The van der Waals surface area contributed by atoms with Gasteiger partial charge in [0.2, 0.25) is 0 Å². The quantitative estimate of drug-likeness (QED) is 0.623. The summed E-state index contributed by atoms with van der Waals surface area (Å²) in [5.41, 5.74) is 3.73. The molecule has 0 aromatic heterocycles. The highest BCUT2D eigenvalue weighted by Crippen LogP contribution is 2.21. The average molecular weight is 344 g/mol. The van der Waals surface area contributed by atoms with Crippen LogP contribution in [-0.2, 0) is 11.2 Å². The molecule has 0 aliphatic heterocycles. The Kier molecular flexibility index (Phi) is 5.84. The summed E-state index contributed by atoms with van der Waals surface area (Å²) in [4.78, 5) is 22.9. The molecule has 0 aliphatic carbocycles. The second kappa shape index (κ2) is 8.05. The number of rotatable bonds is 6. The largest absolute Gasteiger partial charge is 0.496 e. The summed E-state index contributed by atoms with van der Waals surface area (Å²) < 4.78 is 18.7. The number of amides is 1. The van der Waals surface area contributed by atoms with Gasteiger partial charge in [-0.15, -0.1) is 0 Å². The fraction of sp³-hybridized carbons (Fsp3) is 0.167. The molecule has 25 heavy (non-hydrogen) atoms. The number of hydrazone groups is 1. The Labute approximate surface area is 143 Å². The van der Waals surface area contributed by atoms with Gasteiger partial charge in [0.15, 0.2) is 0 Å². The van der Waals surface area contributed by atoms with Crippen LogP contribution in [0.25, 0.3) is 0 Å². The number of methoxy groups -OCH3 is 1. The number of nitrogens with one attached hydrogen (secondary N) is 1. The van der Waals surface area contributed by atoms with E-state index in [0.29, 0.717) is 22.6 Å². The number of carbonyl (C=O) groups is 2. The first-order valence-corrected chi connectivity index (χ1v) is 7.40. The average Bonchev–Trinajstić information content (AvgIpc) is 2.59. The molecule has 130 valence electrons. The van der Waals surface area contributed by atoms with E-state index in [9.17, 15) is 14.0 Å². The normalized spacial score (nSPS) is 11.1. The van der Waals surface area contributed by atoms with Gasteiger partial charge < -0.3 is 9.84 Å². The Balaban J connectivity index is 2.20. The molecule has 0 unspecified atom stereocenters. The van der Waals surface area contributed by atoms with Crippen molar-refractivity contribution in [3.63, 3.8) is 0 Å². The molecule has 0 aliphatic rings. The van der Waals surface area contributed by atoms with Crippen LogP contribution in [0.3, 0.4) is 0 Å². The van der Waals surface area contributed by atoms with Crippen LogP contribution in [0.5, 0.6) is 5.75 Å². The van der Waals surface area contributed by atoms with E-state index >= 15 is 0 Å². The van der Waals surface area contributed by atoms with Gasteiger partial charge in [-0.05, 0) is 42.8 Å². The van der Waals surface area contributed by atoms with Crippen LogP contribution in [0.4, 0.5) is 4.39 Å². The van der Waals surface area contributed by atoms with E-state index in [1.165, 1.54) is 25.3 Å². The van der Waals surface area contributed by atoms with E-state index in [-0.39, 0.29) is 12.0 Å². The fourth-order valence-corrected chi connectivity index (χ4v) is 2.21. The second-order valence-electron chi connectivity index (χ2n) is 5.22. The summed E-state index contributed by atoms with van der Waals surface area (Å²) in [6.45, 7) is 1.65. The summed E-state index contributed by atoms with van der Waals surface area (Å²) in [5, 5.41) is 12.9. The van der Waals surface area contributed by atoms with Gasteiger partial charge in [0.25, 0.3) is 5.91 Å². The number of hydrogen-bond donors (Lipinski definition) is 2. The maximum atomic E-state index is 13.6. The predicted molar refractivity (Wildman–Crippen MR) is 90.4 cm³/mol. The summed E-state index contributed by atoms with van der Waals surface area (Å²) in [6.07, 6.45) is -0.203. The molecule has 6 nitrogen and oxygen atoms in total. The highest BCUT2D eigenvalue weighted by molar-refractivity contribution is 6.01. The molecule has 2 aromatic carbocycles. The molecule has 2 aromatic rings. The molecule has 0 fully saturated rings. The van der Waals surface area contributed by atoms with Crippen LogP contribution in [0.2, 0.25) is 0 Å². The molecule has 2 N–H and O–H groups in total. The van der Waals surface area contributed by atoms with Crippen molar-refractivity contribution in [2.75, 3.05) is 7.11 Å². The Morgan fingerprint density at radius 3 is 2.60 bits per heavy atom. The van der Waals surface area contributed by atoms with Crippen LogP contribution in [0.1, 0.15) is 28.4 Å². The van der Waals surface area contributed by atoms with Crippen molar-refractivity contribution in [2.45, 2.75) is 13.3 Å². The van der Waals surface area contributed by atoms with Gasteiger partial charge in [0.1, 0.15) is 11.6 Å². The van der Waals surface area contributed by atoms with E-state index in [0.717, 1.165) is 0 Å². The molecule has 0 saturated heterocycles. The number of ether oxygens (including phenoxy) is 1. The van der Waals surface area contributed by atoms with Gasteiger partial charge >= 0.3 is 5.97 Å². The van der Waals surface area contributed by atoms with Crippen molar-refractivity contribution >= 4 is 17.6 Å². The molecule has 0 spiro atoms. The number of benzene rings is 2. The van der Waals surface area contributed by atoms with Crippen molar-refractivity contribution in [2.24, 2.45) is 5.10 Å². The first-order valence-electron chi connectivity index (χ1n) is 7.40. The van der Waals surface area contributed by atoms with Gasteiger partial charge in [-0.2, -0.15) is 5.10 Å². The maximum absolute atomic E-state index is 13.6. The first kappa shape index (κ1) is 18.1. The molecule has 7 heteroatoms. The molecule has 0 bridgehead atoms. The predicted octanol–water partition coefficient (Wildman–Crippen LogP) is 2.62. The zero-order chi connectivity index (χ0) is 18.4. The number of carboxylic acids is 1. The third kappa shape index (κ3) is 4.63. The van der Waals surface area contributed by atoms with Crippen molar-refractivity contribution in [1.82, 2.24) is 5.43 Å². The Morgan fingerprint density at radius 2 is 1.96 bits per heavy atom. The number of carboxylic acid groups (broad SMARTS) is 1. The number of aliphatic carboxylic acids is 1. The molecule has 1 amide bonds. The molecule has 0 atom stereocenters. The highest BCUT2D eigenvalue weighted by Gasteiger charge is 2.12. The Bertz CT molecular complexity index is 834. The summed E-state index contributed by atoms with van der Waals surface area (Å²) >= 11 is 0. The van der Waals surface area contributed by atoms with Crippen LogP contribution < -0.4 is 10.2 Å². The van der Waals surface area contributed by atoms with Crippen LogP contribution >= 0.6 is 0 Å². The van der Waals surface area contributed by atoms with Crippen LogP contribution in [0, 0.1) is 5.82 Å². The lowest BCUT2D eigenvalue weighted by Gasteiger charge is -2.09. The SMILES string of the molecule is COc1ccc(/C(C)=N\NC(=O)c2ccccc2F)cc1CC(=O)O. The lowest BCUT2D eigenvalue weighted by atomic mass is 10.0. The minimum Gasteiger partial charge on any atom is -0.496 e. The van der Waals surface area contributed by atoms with Crippen LogP contribution in [-0.4, -0.2) is 29.8 Å². The lowest BCUT2D eigenvalue weighted by molar-refractivity contribution is -0.136. The van der Waals surface area contributed by atoms with Crippen LogP contribution in [0.15, 0.2) is 47.6 Å². The van der Waals surface area contributed by atoms with E-state index in [1.54, 1.807) is 31.2 Å². The first-order chi connectivity index (χ1) is 11.9. The standard InChI is InChI=1S/C18H17FN2O4/c1-11(20-21-18(24)14-5-3-4-6-15(14)19)12-7-8-16(25-2)13(9-12)10-17(22)23/h3-9H,10H2,1-2H3,(H,21,24)(H,22,23)/b20-11-. The zero-order valence-corrected chi connectivity index (χ0v) is 13.7. The third-order valence-corrected chi connectivity index (χ3v) is 3.48. The van der Waals surface area contributed by atoms with Gasteiger partial charge in [0.05, 0.1) is 24.8 Å². The minimum absolute atomic E-state index is 0.111. The monoisotopic (exact) mass is 344 g/mol. The molecular weight excluding hydrogens is 327 g/mol. The zero-order valence-electron chi connectivity index (χ0n) is 13.7. The minimum atomic E-state index is -0.988. The van der Waals surface area contributed by atoms with Crippen molar-refractivity contribution < 1.29 is 23.8 Å². The number of halogens is 1. The Hall–Kier alpha value is -3.22. The van der Waals surface area contributed by atoms with Gasteiger partial charge in [0, 0.05) is 5.56 Å². The van der Waals surface area contributed by atoms with E-state index in [4.69, 9.17) is 9.84 Å². The number of hydrogen-bond acceptors (Lipinski definition) is 4. The smallest absolute Gasteiger partial charge is 0.307 e. The van der Waals surface area contributed by atoms with Crippen molar-refractivity contribution in [1.29, 1.82) is 0 Å².